The van der Waals surface area contributed by atoms with Crippen LogP contribution in [-0.2, 0) is 27.2 Å². The Labute approximate surface area is 364 Å². The van der Waals surface area contributed by atoms with Crippen LogP contribution in [0.5, 0.6) is 0 Å². The van der Waals surface area contributed by atoms with E-state index in [9.17, 15) is 18.4 Å². The molecule has 2 aromatic carbocycles. The van der Waals surface area contributed by atoms with Crippen LogP contribution in [0, 0.1) is 35.3 Å². The minimum Gasteiger partial charge on any atom is -0.371 e. The van der Waals surface area contributed by atoms with Gasteiger partial charge in [-0.15, -0.1) is 12.4 Å². The summed E-state index contributed by atoms with van der Waals surface area (Å²) in [6.45, 7) is 4.24. The molecule has 2 unspecified atom stereocenters. The quantitative estimate of drug-likeness (QED) is 0.240. The van der Waals surface area contributed by atoms with Crippen molar-refractivity contribution in [2.24, 2.45) is 37.8 Å². The molecule has 2 saturated carbocycles. The van der Waals surface area contributed by atoms with Crippen molar-refractivity contribution in [1.82, 2.24) is 63.8 Å². The van der Waals surface area contributed by atoms with Gasteiger partial charge < -0.3 is 28.4 Å². The molecule has 0 amide bonds. The number of hydrogen-bond donors (Lipinski definition) is 1. The zero-order valence-corrected chi connectivity index (χ0v) is 35.5. The summed E-state index contributed by atoms with van der Waals surface area (Å²) in [5.41, 5.74) is 2.44. The molecule has 2 aliphatic carbocycles. The van der Waals surface area contributed by atoms with Crippen LogP contribution in [0.15, 0.2) is 96.9 Å². The number of nitrogens with zero attached hydrogens (tertiary/aromatic N) is 13. The Kier molecular flexibility index (Phi) is 11.0. The summed E-state index contributed by atoms with van der Waals surface area (Å²) in [5.74, 6) is 4.74. The summed E-state index contributed by atoms with van der Waals surface area (Å²) < 4.78 is 43.1. The third kappa shape index (κ3) is 7.90. The summed E-state index contributed by atoms with van der Waals surface area (Å²) in [7, 11) is 3.53. The summed E-state index contributed by atoms with van der Waals surface area (Å²) in [4.78, 5) is 53.0. The molecule has 6 atom stereocenters. The first-order valence-electron chi connectivity index (χ1n) is 19.6. The van der Waals surface area contributed by atoms with Crippen LogP contribution >= 0.6 is 28.3 Å². The van der Waals surface area contributed by atoms with Gasteiger partial charge in [-0.2, -0.15) is 9.97 Å². The third-order valence-corrected chi connectivity index (χ3v) is 12.4. The van der Waals surface area contributed by atoms with Crippen LogP contribution in [-0.4, -0.2) is 84.7 Å². The molecular formula is C40H38BrClF2N14O4. The number of anilines is 1. The number of nitrogens with one attached hydrogen (secondary N) is 1. The molecule has 4 aliphatic rings. The van der Waals surface area contributed by atoms with Crippen LogP contribution in [0.3, 0.4) is 0 Å². The minimum atomic E-state index is -0.225. The first-order chi connectivity index (χ1) is 29.6. The van der Waals surface area contributed by atoms with Crippen molar-refractivity contribution in [2.75, 3.05) is 31.1 Å². The van der Waals surface area contributed by atoms with Crippen LogP contribution in [0.25, 0.3) is 22.3 Å². The van der Waals surface area contributed by atoms with E-state index in [-0.39, 0.29) is 54.2 Å². The molecule has 8 aromatic rings. The second-order valence-electron chi connectivity index (χ2n) is 15.7. The molecule has 4 fully saturated rings. The van der Waals surface area contributed by atoms with Gasteiger partial charge >= 0.3 is 0 Å². The molecule has 0 bridgehead atoms. The average Bonchev–Trinajstić information content (AvgIpc) is 3.82. The van der Waals surface area contributed by atoms with Crippen LogP contribution < -0.4 is 21.3 Å². The van der Waals surface area contributed by atoms with E-state index in [1.807, 2.05) is 12.1 Å². The van der Waals surface area contributed by atoms with Crippen molar-refractivity contribution in [2.45, 2.75) is 24.9 Å². The number of fused-ring (bicyclic) bond motifs is 4. The van der Waals surface area contributed by atoms with E-state index < -0.39 is 0 Å². The number of hydrogen-bond acceptors (Lipinski definition) is 14. The van der Waals surface area contributed by atoms with Crippen LogP contribution in [0.1, 0.15) is 35.3 Å². The molecule has 8 heterocycles. The Bertz CT molecular complexity index is 2960. The second-order valence-corrected chi connectivity index (χ2v) is 16.6. The topological polar surface area (TPSA) is 199 Å². The van der Waals surface area contributed by atoms with Gasteiger partial charge in [0.2, 0.25) is 11.8 Å². The van der Waals surface area contributed by atoms with E-state index in [0.29, 0.717) is 69.5 Å². The van der Waals surface area contributed by atoms with Crippen molar-refractivity contribution in [3.63, 3.8) is 0 Å². The SMILES string of the molecule is Cl.Cn1cnc2ncn(Cc3nc(C4[C@H]5CN(c6ccc(F)cc6)C[C@@H]45)no3)c(=O)c21.Cn1cnc2ncn(Cc3nc(C4[C@H]5CNC[C@@H]45)no3)c(=O)c21.Fc1ccc(Br)cc1. The molecule has 2 saturated heterocycles. The van der Waals surface area contributed by atoms with Crippen molar-refractivity contribution in [3.8, 4) is 0 Å². The maximum Gasteiger partial charge on any atom is 0.280 e. The maximum absolute atomic E-state index is 13.1. The van der Waals surface area contributed by atoms with Gasteiger partial charge in [0, 0.05) is 49.2 Å². The highest BCUT2D eigenvalue weighted by Gasteiger charge is 2.58. The number of aryl methyl sites for hydroxylation is 2. The molecule has 12 rings (SSSR count). The molecule has 0 spiro atoms. The molecule has 1 N–H and O–H groups in total. The van der Waals surface area contributed by atoms with Gasteiger partial charge in [-0.05, 0) is 85.3 Å². The monoisotopic (exact) mass is 930 g/mol. The third-order valence-electron chi connectivity index (χ3n) is 11.9. The molecule has 6 aromatic heterocycles. The zero-order chi connectivity index (χ0) is 41.9. The number of piperidine rings is 2. The number of imidazole rings is 2. The molecule has 22 heteroatoms. The lowest BCUT2D eigenvalue weighted by atomic mass is 10.2. The molecule has 0 radical (unpaired) electrons. The fourth-order valence-corrected chi connectivity index (χ4v) is 8.86. The Balaban J connectivity index is 0.000000135. The van der Waals surface area contributed by atoms with E-state index in [1.165, 1.54) is 46.1 Å². The van der Waals surface area contributed by atoms with Crippen molar-refractivity contribution < 1.29 is 17.8 Å². The normalized spacial score (nSPS) is 21.7. The largest absolute Gasteiger partial charge is 0.371 e. The number of aromatic nitrogens is 12. The highest BCUT2D eigenvalue weighted by molar-refractivity contribution is 9.10. The lowest BCUT2D eigenvalue weighted by molar-refractivity contribution is 0.363. The highest BCUT2D eigenvalue weighted by Crippen LogP contribution is 2.58. The van der Waals surface area contributed by atoms with E-state index in [4.69, 9.17) is 9.05 Å². The summed E-state index contributed by atoms with van der Waals surface area (Å²) in [5, 5.41) is 11.6. The lowest BCUT2D eigenvalue weighted by Gasteiger charge is -2.21. The predicted molar refractivity (Wildman–Crippen MR) is 225 cm³/mol. The van der Waals surface area contributed by atoms with E-state index in [1.54, 1.807) is 48.0 Å². The van der Waals surface area contributed by atoms with Gasteiger partial charge in [0.15, 0.2) is 34.0 Å². The first-order valence-corrected chi connectivity index (χ1v) is 20.4. The van der Waals surface area contributed by atoms with E-state index in [2.05, 4.69) is 66.4 Å². The van der Waals surface area contributed by atoms with Crippen molar-refractivity contribution in [1.29, 1.82) is 0 Å². The van der Waals surface area contributed by atoms with Crippen LogP contribution in [0.2, 0.25) is 0 Å². The lowest BCUT2D eigenvalue weighted by Crippen LogP contribution is -2.23. The predicted octanol–water partition coefficient (Wildman–Crippen LogP) is 4.05. The second kappa shape index (κ2) is 16.6. The first kappa shape index (κ1) is 41.2. The van der Waals surface area contributed by atoms with Gasteiger partial charge in [0.05, 0.1) is 12.7 Å². The summed E-state index contributed by atoms with van der Waals surface area (Å²) in [6.07, 6.45) is 6.06. The van der Waals surface area contributed by atoms with Gasteiger partial charge in [-0.3, -0.25) is 18.7 Å². The fourth-order valence-electron chi connectivity index (χ4n) is 8.60. The van der Waals surface area contributed by atoms with E-state index >= 15 is 0 Å². The Morgan fingerprint density at radius 1 is 0.661 bits per heavy atom. The van der Waals surface area contributed by atoms with Crippen molar-refractivity contribution in [3.05, 3.63) is 134 Å². The van der Waals surface area contributed by atoms with Gasteiger partial charge in [-0.25, -0.2) is 28.7 Å². The maximum atomic E-state index is 13.1. The summed E-state index contributed by atoms with van der Waals surface area (Å²) >= 11 is 3.18. The number of halogens is 4. The van der Waals surface area contributed by atoms with Gasteiger partial charge in [0.1, 0.15) is 37.4 Å². The Hall–Kier alpha value is -6.19. The Morgan fingerprint density at radius 2 is 1.10 bits per heavy atom. The molecule has 320 valence electrons. The molecular weight excluding hydrogens is 894 g/mol. The number of benzene rings is 2. The Morgan fingerprint density at radius 3 is 1.56 bits per heavy atom. The standard InChI is InChI=1S/C20H18FN7O2.C14H15N7O2.C6H4BrF.ClH/c1-26-9-22-19-17(26)20(29)28(10-23-19)8-15-24-18(25-30-15)16-13-6-27(7-14(13)16)12-4-2-11(21)3-5-12;1-20-5-16-13-11(20)14(22)21(6-17-13)4-9-18-12(19-23-9)10-7-2-15-3-8(7)10;7-5-1-3-6(8)4-2-5;/h2-5,9-10,13-14,16H,6-8H2,1H3;5-8,10,15H,2-4H2,1H3;1-4H;1H/t13-,14+,16?;7-,8+,10?;;. The zero-order valence-electron chi connectivity index (χ0n) is 33.1. The molecule has 62 heavy (non-hydrogen) atoms. The number of rotatable bonds is 7. The average molecular weight is 932 g/mol. The summed E-state index contributed by atoms with van der Waals surface area (Å²) in [6, 6.07) is 12.7. The van der Waals surface area contributed by atoms with Crippen LogP contribution in [0.4, 0.5) is 14.5 Å². The van der Waals surface area contributed by atoms with Gasteiger partial charge in [-0.1, -0.05) is 26.2 Å². The fraction of sp³-hybridized carbons (Fsp3) is 0.350. The van der Waals surface area contributed by atoms with Gasteiger partial charge in [0.25, 0.3) is 11.1 Å². The van der Waals surface area contributed by atoms with E-state index in [0.717, 1.165) is 42.2 Å². The minimum absolute atomic E-state index is 0. The molecule has 18 nitrogen and oxygen atoms in total. The molecule has 2 aliphatic heterocycles. The smallest absolute Gasteiger partial charge is 0.280 e. The highest BCUT2D eigenvalue weighted by atomic mass is 79.9. The van der Waals surface area contributed by atoms with Crippen molar-refractivity contribution >= 4 is 56.4 Å².